The average molecular weight is 250 g/mol. The summed E-state index contributed by atoms with van der Waals surface area (Å²) in [4.78, 5) is 0. The van der Waals surface area contributed by atoms with Crippen molar-refractivity contribution in [2.75, 3.05) is 13.2 Å². The molecule has 0 N–H and O–H groups in total. The van der Waals surface area contributed by atoms with Gasteiger partial charge in [0.05, 0.1) is 0 Å². The highest BCUT2D eigenvalue weighted by molar-refractivity contribution is 6.64. The molecule has 3 heteroatoms. The van der Waals surface area contributed by atoms with E-state index < -0.39 is 8.56 Å². The Balaban J connectivity index is 2.42. The second kappa shape index (κ2) is 6.74. The van der Waals surface area contributed by atoms with E-state index in [2.05, 4.69) is 43.9 Å². The van der Waals surface area contributed by atoms with E-state index in [0.717, 1.165) is 25.2 Å². The van der Waals surface area contributed by atoms with Crippen LogP contribution in [0.15, 0.2) is 30.8 Å². The number of rotatable bonds is 7. The van der Waals surface area contributed by atoms with Crippen molar-refractivity contribution in [1.29, 1.82) is 0 Å². The van der Waals surface area contributed by atoms with Gasteiger partial charge in [-0.2, -0.15) is 0 Å². The average Bonchev–Trinajstić information content (AvgIpc) is 2.29. The lowest BCUT2D eigenvalue weighted by Gasteiger charge is -2.21. The molecule has 2 nitrogen and oxygen atoms in total. The zero-order valence-electron chi connectivity index (χ0n) is 11.0. The van der Waals surface area contributed by atoms with Crippen LogP contribution in [-0.2, 0) is 15.3 Å². The molecule has 0 spiro atoms. The fourth-order valence-electron chi connectivity index (χ4n) is 1.68. The molecule has 0 fully saturated rings. The van der Waals surface area contributed by atoms with Crippen LogP contribution < -0.4 is 0 Å². The summed E-state index contributed by atoms with van der Waals surface area (Å²) in [5.41, 5.74) is 2.44. The summed E-state index contributed by atoms with van der Waals surface area (Å²) in [6.07, 6.45) is 2.79. The molecular formula is C14H22O2Si. The largest absolute Gasteiger partial charge is 0.395 e. The Kier molecular flexibility index (Phi) is 5.61. The molecule has 0 aliphatic carbocycles. The van der Waals surface area contributed by atoms with Crippen LogP contribution in [0.25, 0.3) is 6.08 Å². The molecule has 1 aromatic carbocycles. The van der Waals surface area contributed by atoms with Gasteiger partial charge >= 0.3 is 8.56 Å². The van der Waals surface area contributed by atoms with E-state index in [-0.39, 0.29) is 0 Å². The van der Waals surface area contributed by atoms with Gasteiger partial charge in [-0.1, -0.05) is 36.9 Å². The van der Waals surface area contributed by atoms with E-state index in [9.17, 15) is 0 Å². The van der Waals surface area contributed by atoms with Crippen LogP contribution in [0.1, 0.15) is 18.1 Å². The molecule has 0 amide bonds. The highest BCUT2D eigenvalue weighted by atomic mass is 28.4. The third-order valence-corrected chi connectivity index (χ3v) is 4.40. The standard InChI is InChI=1S/C14H22O2Si/c1-5-13-8-7-9-14(12-13)10-11-16-17(3,4)15-6-2/h5,7-9,12H,1,6,10-11H2,2-4H3. The lowest BCUT2D eigenvalue weighted by atomic mass is 10.1. The maximum absolute atomic E-state index is 5.84. The molecule has 94 valence electrons. The second-order valence-electron chi connectivity index (χ2n) is 4.38. The van der Waals surface area contributed by atoms with Crippen LogP contribution in [0, 0.1) is 0 Å². The van der Waals surface area contributed by atoms with Gasteiger partial charge in [-0.25, -0.2) is 0 Å². The van der Waals surface area contributed by atoms with Gasteiger partial charge in [0.25, 0.3) is 0 Å². The molecule has 0 aliphatic heterocycles. The van der Waals surface area contributed by atoms with E-state index in [1.165, 1.54) is 5.56 Å². The van der Waals surface area contributed by atoms with Crippen molar-refractivity contribution >= 4 is 14.6 Å². The van der Waals surface area contributed by atoms with Gasteiger partial charge in [0, 0.05) is 13.2 Å². The minimum absolute atomic E-state index is 0.722. The lowest BCUT2D eigenvalue weighted by molar-refractivity contribution is 0.189. The normalized spacial score (nSPS) is 11.5. The molecule has 0 bridgehead atoms. The zero-order chi connectivity index (χ0) is 12.7. The first-order valence-electron chi connectivity index (χ1n) is 6.06. The molecule has 1 aromatic rings. The molecule has 0 atom stereocenters. The van der Waals surface area contributed by atoms with Gasteiger partial charge in [-0.05, 0) is 37.6 Å². The first-order valence-corrected chi connectivity index (χ1v) is 8.88. The summed E-state index contributed by atoms with van der Waals surface area (Å²) in [7, 11) is -1.90. The minimum atomic E-state index is -1.90. The molecule has 0 heterocycles. The topological polar surface area (TPSA) is 18.5 Å². The van der Waals surface area contributed by atoms with Gasteiger partial charge in [0.15, 0.2) is 0 Å². The third-order valence-electron chi connectivity index (χ3n) is 2.52. The Morgan fingerprint density at radius 2 is 2.06 bits per heavy atom. The molecule has 0 saturated carbocycles. The second-order valence-corrected chi connectivity index (χ2v) is 7.76. The molecule has 0 aliphatic rings. The molecule has 0 radical (unpaired) electrons. The van der Waals surface area contributed by atoms with Crippen molar-refractivity contribution in [3.63, 3.8) is 0 Å². The van der Waals surface area contributed by atoms with Gasteiger partial charge in [0.2, 0.25) is 0 Å². The van der Waals surface area contributed by atoms with E-state index in [1.807, 2.05) is 13.0 Å². The van der Waals surface area contributed by atoms with Gasteiger partial charge < -0.3 is 8.85 Å². The van der Waals surface area contributed by atoms with Gasteiger partial charge in [-0.15, -0.1) is 0 Å². The van der Waals surface area contributed by atoms with E-state index in [0.29, 0.717) is 0 Å². The van der Waals surface area contributed by atoms with Gasteiger partial charge in [-0.3, -0.25) is 0 Å². The predicted octanol–water partition coefficient (Wildman–Crippen LogP) is 3.63. The molecule has 0 saturated heterocycles. The summed E-state index contributed by atoms with van der Waals surface area (Å²) in [5.74, 6) is 0. The van der Waals surface area contributed by atoms with Crippen molar-refractivity contribution in [3.05, 3.63) is 42.0 Å². The number of benzene rings is 1. The lowest BCUT2D eigenvalue weighted by Crippen LogP contribution is -2.35. The van der Waals surface area contributed by atoms with Crippen LogP contribution >= 0.6 is 0 Å². The molecule has 0 aromatic heterocycles. The molecule has 0 unspecified atom stereocenters. The number of hydrogen-bond acceptors (Lipinski definition) is 2. The Hall–Kier alpha value is -0.903. The van der Waals surface area contributed by atoms with Crippen LogP contribution in [0.5, 0.6) is 0 Å². The fraction of sp³-hybridized carbons (Fsp3) is 0.429. The summed E-state index contributed by atoms with van der Waals surface area (Å²) in [6, 6.07) is 8.37. The smallest absolute Gasteiger partial charge is 0.331 e. The maximum atomic E-state index is 5.84. The van der Waals surface area contributed by atoms with Crippen LogP contribution in [0.2, 0.25) is 13.1 Å². The van der Waals surface area contributed by atoms with E-state index in [1.54, 1.807) is 0 Å². The Labute approximate surface area is 106 Å². The van der Waals surface area contributed by atoms with Crippen molar-refractivity contribution < 1.29 is 8.85 Å². The first kappa shape index (κ1) is 14.2. The Morgan fingerprint density at radius 3 is 2.71 bits per heavy atom. The maximum Gasteiger partial charge on any atom is 0.331 e. The van der Waals surface area contributed by atoms with Crippen molar-refractivity contribution in [3.8, 4) is 0 Å². The molecule has 17 heavy (non-hydrogen) atoms. The predicted molar refractivity (Wildman–Crippen MR) is 75.3 cm³/mol. The third kappa shape index (κ3) is 5.30. The van der Waals surface area contributed by atoms with Crippen LogP contribution in [0.3, 0.4) is 0 Å². The Morgan fingerprint density at radius 1 is 1.29 bits per heavy atom. The fourth-order valence-corrected chi connectivity index (χ4v) is 3.05. The van der Waals surface area contributed by atoms with Gasteiger partial charge in [0.1, 0.15) is 0 Å². The van der Waals surface area contributed by atoms with Crippen LogP contribution in [0.4, 0.5) is 0 Å². The molecular weight excluding hydrogens is 228 g/mol. The summed E-state index contributed by atoms with van der Waals surface area (Å²) >= 11 is 0. The van der Waals surface area contributed by atoms with Crippen molar-refractivity contribution in [2.45, 2.75) is 26.4 Å². The van der Waals surface area contributed by atoms with Crippen LogP contribution in [-0.4, -0.2) is 21.8 Å². The monoisotopic (exact) mass is 250 g/mol. The highest BCUT2D eigenvalue weighted by Crippen LogP contribution is 2.10. The zero-order valence-corrected chi connectivity index (χ0v) is 12.0. The van der Waals surface area contributed by atoms with E-state index in [4.69, 9.17) is 8.85 Å². The Bertz CT molecular complexity index is 361. The quantitative estimate of drug-likeness (QED) is 0.688. The summed E-state index contributed by atoms with van der Waals surface area (Å²) in [5, 5.41) is 0. The van der Waals surface area contributed by atoms with Crippen molar-refractivity contribution in [1.82, 2.24) is 0 Å². The SMILES string of the molecule is C=Cc1cccc(CCO[Si](C)(C)OCC)c1. The van der Waals surface area contributed by atoms with E-state index >= 15 is 0 Å². The first-order chi connectivity index (χ1) is 8.07. The van der Waals surface area contributed by atoms with Crippen molar-refractivity contribution in [2.24, 2.45) is 0 Å². The highest BCUT2D eigenvalue weighted by Gasteiger charge is 2.23. The number of hydrogen-bond donors (Lipinski definition) is 0. The summed E-state index contributed by atoms with van der Waals surface area (Å²) in [6.45, 7) is 11.4. The minimum Gasteiger partial charge on any atom is -0.395 e. The molecule has 1 rings (SSSR count). The summed E-state index contributed by atoms with van der Waals surface area (Å²) < 4.78 is 11.5.